The highest BCUT2D eigenvalue weighted by Gasteiger charge is 2.22. The summed E-state index contributed by atoms with van der Waals surface area (Å²) < 4.78 is 94.3. The van der Waals surface area contributed by atoms with Crippen LogP contribution in [-0.4, -0.2) is 63.9 Å². The molecule has 0 atom stereocenters. The van der Waals surface area contributed by atoms with Gasteiger partial charge in [-0.3, -0.25) is 13.8 Å². The van der Waals surface area contributed by atoms with Gasteiger partial charge in [0.05, 0.1) is 5.69 Å². The van der Waals surface area contributed by atoms with Crippen molar-refractivity contribution in [2.24, 2.45) is 0 Å². The Morgan fingerprint density at radius 2 is 1.36 bits per heavy atom. The molecule has 16 heteroatoms. The number of hydrogen-bond acceptors (Lipinski definition) is 7. The van der Waals surface area contributed by atoms with Crippen molar-refractivity contribution in [2.75, 3.05) is 24.1 Å². The molecular formula is C20H24N4O8S4. The molecule has 0 aliphatic heterocycles. The van der Waals surface area contributed by atoms with Gasteiger partial charge in [0, 0.05) is 25.8 Å². The second-order valence-electron chi connectivity index (χ2n) is 8.05. The first kappa shape index (κ1) is 28.0. The van der Waals surface area contributed by atoms with Crippen molar-refractivity contribution in [2.45, 2.75) is 28.7 Å². The van der Waals surface area contributed by atoms with Gasteiger partial charge >= 0.3 is 10.2 Å². The maximum atomic E-state index is 12.0. The van der Waals surface area contributed by atoms with Crippen LogP contribution in [0.5, 0.6) is 0 Å². The molecule has 2 aromatic rings. The van der Waals surface area contributed by atoms with Gasteiger partial charge < -0.3 is 10.6 Å². The largest absolute Gasteiger partial charge is 0.360 e. The fraction of sp³-hybridized carbons (Fsp3) is 0.250. The van der Waals surface area contributed by atoms with E-state index in [-0.39, 0.29) is 22.9 Å². The lowest BCUT2D eigenvalue weighted by Crippen LogP contribution is -2.30. The normalized spacial score (nSPS) is 14.7. The van der Waals surface area contributed by atoms with Crippen molar-refractivity contribution in [3.63, 3.8) is 0 Å². The van der Waals surface area contributed by atoms with Gasteiger partial charge in [-0.15, -0.1) is 0 Å². The molecule has 1 saturated carbocycles. The highest BCUT2D eigenvalue weighted by Crippen LogP contribution is 2.27. The van der Waals surface area contributed by atoms with E-state index in [1.165, 1.54) is 56.6 Å². The highest BCUT2D eigenvalue weighted by molar-refractivity contribution is 7.90. The molecule has 0 amide bonds. The van der Waals surface area contributed by atoms with Gasteiger partial charge in [-0.25, -0.2) is 0 Å². The van der Waals surface area contributed by atoms with Crippen LogP contribution in [0.1, 0.15) is 24.0 Å². The predicted molar refractivity (Wildman–Crippen MR) is 140 cm³/mol. The number of nitrogens with zero attached hydrogens (tertiary/aromatic N) is 1. The zero-order chi connectivity index (χ0) is 26.9. The van der Waals surface area contributed by atoms with E-state index < -0.39 is 40.2 Å². The first-order chi connectivity index (χ1) is 16.6. The minimum absolute atomic E-state index is 0.0165. The number of thiocarbonyl (C=S) groups is 1. The molecule has 12 nitrogen and oxygen atoms in total. The van der Waals surface area contributed by atoms with Crippen molar-refractivity contribution in [1.29, 1.82) is 0 Å². The van der Waals surface area contributed by atoms with Crippen LogP contribution in [0.2, 0.25) is 0 Å². The Balaban J connectivity index is 1.96. The van der Waals surface area contributed by atoms with Crippen LogP contribution in [0.4, 0.5) is 11.4 Å². The van der Waals surface area contributed by atoms with Crippen molar-refractivity contribution in [3.05, 3.63) is 47.5 Å². The first-order valence-electron chi connectivity index (χ1n) is 10.3. The van der Waals surface area contributed by atoms with E-state index in [2.05, 4.69) is 15.4 Å². The van der Waals surface area contributed by atoms with Crippen LogP contribution in [0.25, 0.3) is 12.2 Å². The van der Waals surface area contributed by atoms with Crippen LogP contribution < -0.4 is 15.4 Å². The molecule has 0 unspecified atom stereocenters. The maximum absolute atomic E-state index is 12.0. The second kappa shape index (κ2) is 10.4. The Bertz CT molecular complexity index is 1530. The number of rotatable bonds is 9. The second-order valence-corrected chi connectivity index (χ2v) is 13.1. The van der Waals surface area contributed by atoms with E-state index in [1.807, 2.05) is 0 Å². The topological polar surface area (TPSA) is 182 Å². The van der Waals surface area contributed by atoms with Crippen LogP contribution in [0, 0.1) is 0 Å². The Labute approximate surface area is 215 Å². The zero-order valence-corrected chi connectivity index (χ0v) is 22.3. The molecule has 5 N–H and O–H groups in total. The van der Waals surface area contributed by atoms with E-state index in [9.17, 15) is 34.4 Å². The summed E-state index contributed by atoms with van der Waals surface area (Å²) in [6, 6.07) is 7.72. The molecule has 2 aromatic carbocycles. The smallest absolute Gasteiger partial charge is 0.301 e. The van der Waals surface area contributed by atoms with Crippen molar-refractivity contribution < 1.29 is 34.4 Å². The van der Waals surface area contributed by atoms with Crippen LogP contribution in [-0.2, 0) is 30.4 Å². The Morgan fingerprint density at radius 3 is 1.81 bits per heavy atom. The first-order valence-corrected chi connectivity index (χ1v) is 15.0. The molecule has 3 rings (SSSR count). The molecular weight excluding hydrogens is 553 g/mol. The van der Waals surface area contributed by atoms with Crippen molar-refractivity contribution in [3.8, 4) is 0 Å². The third-order valence-electron chi connectivity index (χ3n) is 4.92. The molecule has 1 aliphatic rings. The van der Waals surface area contributed by atoms with E-state index >= 15 is 0 Å². The summed E-state index contributed by atoms with van der Waals surface area (Å²) >= 11 is 5.17. The molecule has 0 heterocycles. The van der Waals surface area contributed by atoms with Gasteiger partial charge in [-0.2, -0.15) is 29.6 Å². The Hall–Kier alpha value is -2.60. The van der Waals surface area contributed by atoms with Gasteiger partial charge in [-0.05, 0) is 60.5 Å². The monoisotopic (exact) mass is 576 g/mol. The standard InChI is InChI=1S/C20H24N4O8S4/c1-24(2)36(31,32)23-17-8-6-14(19(12-17)35(28,29)30)4-3-13-5-7-16(11-18(13)34(25,26)27)22-20(33)21-15-9-10-15/h3-8,11-12,15,23H,9-10H2,1-2H3,(H2,21,22,33)(H,25,26,27)(H,28,29,30)/b4-3+. The minimum Gasteiger partial charge on any atom is -0.360 e. The van der Waals surface area contributed by atoms with Crippen LogP contribution in [0.3, 0.4) is 0 Å². The number of benzene rings is 2. The molecule has 36 heavy (non-hydrogen) atoms. The lowest BCUT2D eigenvalue weighted by molar-refractivity contribution is 0.480. The molecule has 1 fully saturated rings. The van der Waals surface area contributed by atoms with Gasteiger partial charge in [0.15, 0.2) is 5.11 Å². The lowest BCUT2D eigenvalue weighted by Gasteiger charge is -2.14. The van der Waals surface area contributed by atoms with E-state index in [0.29, 0.717) is 10.8 Å². The lowest BCUT2D eigenvalue weighted by atomic mass is 10.1. The summed E-state index contributed by atoms with van der Waals surface area (Å²) in [5.74, 6) is 0. The highest BCUT2D eigenvalue weighted by atomic mass is 32.2. The molecule has 0 aromatic heterocycles. The molecule has 0 saturated heterocycles. The molecule has 0 spiro atoms. The fourth-order valence-electron chi connectivity index (χ4n) is 2.93. The molecule has 1 aliphatic carbocycles. The quantitative estimate of drug-likeness (QED) is 0.167. The van der Waals surface area contributed by atoms with E-state index in [0.717, 1.165) is 23.2 Å². The zero-order valence-electron chi connectivity index (χ0n) is 19.0. The number of nitrogens with one attached hydrogen (secondary N) is 3. The summed E-state index contributed by atoms with van der Waals surface area (Å²) in [7, 11) is -10.9. The van der Waals surface area contributed by atoms with Gasteiger partial charge in [0.1, 0.15) is 9.79 Å². The summed E-state index contributed by atoms with van der Waals surface area (Å²) in [6.07, 6.45) is 4.39. The Kier molecular flexibility index (Phi) is 8.09. The SMILES string of the molecule is CN(C)S(=O)(=O)Nc1ccc(/C=C/c2ccc(NC(=S)NC3CC3)cc2S(=O)(=O)O)c(S(=O)(=O)O)c1. The predicted octanol–water partition coefficient (Wildman–Crippen LogP) is 2.02. The van der Waals surface area contributed by atoms with Crippen LogP contribution >= 0.6 is 12.2 Å². The average molecular weight is 577 g/mol. The van der Waals surface area contributed by atoms with E-state index in [1.54, 1.807) is 0 Å². The van der Waals surface area contributed by atoms with Gasteiger partial charge in [0.2, 0.25) is 0 Å². The molecule has 196 valence electrons. The van der Waals surface area contributed by atoms with Crippen molar-refractivity contribution in [1.82, 2.24) is 9.62 Å². The molecule has 0 bridgehead atoms. The number of anilines is 2. The van der Waals surface area contributed by atoms with Crippen molar-refractivity contribution >= 4 is 71.3 Å². The maximum Gasteiger partial charge on any atom is 0.301 e. The fourth-order valence-corrected chi connectivity index (χ4v) is 5.24. The summed E-state index contributed by atoms with van der Waals surface area (Å²) in [5, 5.41) is 6.17. The van der Waals surface area contributed by atoms with Gasteiger partial charge in [0.25, 0.3) is 20.2 Å². The molecule has 0 radical (unpaired) electrons. The van der Waals surface area contributed by atoms with Crippen LogP contribution in [0.15, 0.2) is 46.2 Å². The van der Waals surface area contributed by atoms with E-state index in [4.69, 9.17) is 12.2 Å². The Morgan fingerprint density at radius 1 is 0.889 bits per heavy atom. The summed E-state index contributed by atoms with van der Waals surface area (Å²) in [6.45, 7) is 0. The van der Waals surface area contributed by atoms with Gasteiger partial charge in [-0.1, -0.05) is 24.3 Å². The summed E-state index contributed by atoms with van der Waals surface area (Å²) in [5.41, 5.74) is 0.124. The average Bonchev–Trinajstić information content (AvgIpc) is 3.55. The minimum atomic E-state index is -4.80. The summed E-state index contributed by atoms with van der Waals surface area (Å²) in [4.78, 5) is -1.09. The third-order valence-corrected chi connectivity index (χ3v) is 8.42. The number of hydrogen-bond donors (Lipinski definition) is 5. The third kappa shape index (κ3) is 7.45.